The first kappa shape index (κ1) is 15.7. The van der Waals surface area contributed by atoms with Crippen LogP contribution in [0.1, 0.15) is 18.1 Å². The largest absolute Gasteiger partial charge is 0.325 e. The molecular weight excluding hydrogens is 363 g/mol. The number of benzene rings is 2. The highest BCUT2D eigenvalue weighted by molar-refractivity contribution is 9.10. The molecule has 0 unspecified atom stereocenters. The topological polar surface area (TPSA) is 49.4 Å². The maximum atomic E-state index is 13.8. The fourth-order valence-electron chi connectivity index (χ4n) is 2.69. The number of halogens is 2. The van der Waals surface area contributed by atoms with Crippen LogP contribution < -0.4 is 5.32 Å². The summed E-state index contributed by atoms with van der Waals surface area (Å²) in [6.45, 7) is 1.55. The van der Waals surface area contributed by atoms with Gasteiger partial charge in [0.25, 0.3) is 5.91 Å². The van der Waals surface area contributed by atoms with E-state index in [2.05, 4.69) is 21.2 Å². The highest BCUT2D eigenvalue weighted by atomic mass is 79.9. The molecule has 0 bridgehead atoms. The van der Waals surface area contributed by atoms with E-state index in [1.807, 2.05) is 6.07 Å². The van der Waals surface area contributed by atoms with Gasteiger partial charge in [0, 0.05) is 15.6 Å². The first-order valence-corrected chi connectivity index (χ1v) is 7.85. The zero-order valence-corrected chi connectivity index (χ0v) is 13.9. The van der Waals surface area contributed by atoms with Gasteiger partial charge in [-0.25, -0.2) is 9.18 Å². The number of amides is 3. The third-order valence-electron chi connectivity index (χ3n) is 3.97. The van der Waals surface area contributed by atoms with E-state index in [1.165, 1.54) is 6.07 Å². The molecule has 0 aromatic heterocycles. The Hall–Kier alpha value is -2.21. The van der Waals surface area contributed by atoms with Gasteiger partial charge in [0.15, 0.2) is 0 Å². The van der Waals surface area contributed by atoms with Gasteiger partial charge in [-0.2, -0.15) is 0 Å². The summed E-state index contributed by atoms with van der Waals surface area (Å²) in [7, 11) is 0. The molecule has 1 fully saturated rings. The van der Waals surface area contributed by atoms with Crippen molar-refractivity contribution in [3.05, 3.63) is 69.9 Å². The van der Waals surface area contributed by atoms with Gasteiger partial charge in [0.05, 0.1) is 6.54 Å². The second-order valence-electron chi connectivity index (χ2n) is 5.52. The molecule has 1 saturated heterocycles. The van der Waals surface area contributed by atoms with Crippen LogP contribution in [0.5, 0.6) is 0 Å². The van der Waals surface area contributed by atoms with Crippen LogP contribution in [0.25, 0.3) is 0 Å². The monoisotopic (exact) mass is 376 g/mol. The molecule has 1 atom stereocenters. The van der Waals surface area contributed by atoms with Gasteiger partial charge in [-0.1, -0.05) is 52.3 Å². The highest BCUT2D eigenvalue weighted by Gasteiger charge is 2.49. The summed E-state index contributed by atoms with van der Waals surface area (Å²) in [6, 6.07) is 12.8. The van der Waals surface area contributed by atoms with Crippen molar-refractivity contribution in [1.29, 1.82) is 0 Å². The normalized spacial score (nSPS) is 20.7. The summed E-state index contributed by atoms with van der Waals surface area (Å²) in [6.07, 6.45) is 0. The van der Waals surface area contributed by atoms with Crippen LogP contribution in [0, 0.1) is 5.82 Å². The van der Waals surface area contributed by atoms with E-state index in [0.717, 1.165) is 9.37 Å². The Bertz CT molecular complexity index is 796. The molecule has 2 aromatic rings. The molecule has 0 spiro atoms. The number of nitrogens with one attached hydrogen (secondary N) is 1. The van der Waals surface area contributed by atoms with Crippen LogP contribution in [0.4, 0.5) is 9.18 Å². The molecule has 23 heavy (non-hydrogen) atoms. The van der Waals surface area contributed by atoms with E-state index in [9.17, 15) is 14.0 Å². The SMILES string of the molecule is C[C@@]1(c2ccccc2Br)NC(=O)N(Cc2ccccc2F)C1=O. The van der Waals surface area contributed by atoms with Crippen molar-refractivity contribution in [2.24, 2.45) is 0 Å². The predicted molar refractivity (Wildman–Crippen MR) is 87.0 cm³/mol. The van der Waals surface area contributed by atoms with Gasteiger partial charge >= 0.3 is 6.03 Å². The Morgan fingerprint density at radius 3 is 2.48 bits per heavy atom. The van der Waals surface area contributed by atoms with Crippen LogP contribution >= 0.6 is 15.9 Å². The summed E-state index contributed by atoms with van der Waals surface area (Å²) < 4.78 is 14.5. The number of urea groups is 1. The number of nitrogens with zero attached hydrogens (tertiary/aromatic N) is 1. The Kier molecular flexibility index (Phi) is 3.93. The molecule has 0 saturated carbocycles. The van der Waals surface area contributed by atoms with Crippen molar-refractivity contribution in [3.8, 4) is 0 Å². The Balaban J connectivity index is 1.94. The van der Waals surface area contributed by atoms with Gasteiger partial charge in [0.1, 0.15) is 11.4 Å². The molecule has 1 N–H and O–H groups in total. The number of rotatable bonds is 3. The number of carbonyl (C=O) groups excluding carboxylic acids is 2. The first-order valence-electron chi connectivity index (χ1n) is 7.06. The zero-order valence-electron chi connectivity index (χ0n) is 12.3. The van der Waals surface area contributed by atoms with E-state index in [4.69, 9.17) is 0 Å². The van der Waals surface area contributed by atoms with Crippen molar-refractivity contribution in [3.63, 3.8) is 0 Å². The third kappa shape index (κ3) is 2.63. The van der Waals surface area contributed by atoms with Crippen molar-refractivity contribution < 1.29 is 14.0 Å². The predicted octanol–water partition coefficient (Wildman–Crippen LogP) is 3.56. The van der Waals surface area contributed by atoms with Crippen molar-refractivity contribution in [2.75, 3.05) is 0 Å². The van der Waals surface area contributed by atoms with E-state index in [-0.39, 0.29) is 6.54 Å². The Morgan fingerprint density at radius 1 is 1.13 bits per heavy atom. The molecule has 3 amide bonds. The third-order valence-corrected chi connectivity index (χ3v) is 4.67. The van der Waals surface area contributed by atoms with Crippen molar-refractivity contribution in [2.45, 2.75) is 19.0 Å². The smallest absolute Gasteiger partial charge is 0.319 e. The minimum atomic E-state index is -1.18. The summed E-state index contributed by atoms with van der Waals surface area (Å²) in [5, 5.41) is 2.71. The molecule has 1 aliphatic rings. The van der Waals surface area contributed by atoms with Crippen LogP contribution in [0.2, 0.25) is 0 Å². The molecule has 2 aromatic carbocycles. The van der Waals surface area contributed by atoms with Gasteiger partial charge in [0.2, 0.25) is 0 Å². The summed E-state index contributed by atoms with van der Waals surface area (Å²) in [5.41, 5.74) is -0.218. The second kappa shape index (κ2) is 5.77. The molecule has 6 heteroatoms. The Labute approximate surface area is 141 Å². The lowest BCUT2D eigenvalue weighted by Crippen LogP contribution is -2.41. The van der Waals surface area contributed by atoms with Gasteiger partial charge in [-0.05, 0) is 19.1 Å². The van der Waals surface area contributed by atoms with Gasteiger partial charge in [-0.3, -0.25) is 9.69 Å². The van der Waals surface area contributed by atoms with E-state index in [1.54, 1.807) is 43.3 Å². The molecule has 3 rings (SSSR count). The summed E-state index contributed by atoms with van der Waals surface area (Å²) in [4.78, 5) is 26.1. The molecule has 0 radical (unpaired) electrons. The van der Waals surface area contributed by atoms with Crippen LogP contribution in [-0.2, 0) is 16.9 Å². The molecule has 118 valence electrons. The fourth-order valence-corrected chi connectivity index (χ4v) is 3.37. The molecule has 1 aliphatic heterocycles. The quantitative estimate of drug-likeness (QED) is 0.832. The lowest BCUT2D eigenvalue weighted by Gasteiger charge is -2.23. The minimum absolute atomic E-state index is 0.0998. The summed E-state index contributed by atoms with van der Waals surface area (Å²) in [5.74, 6) is -0.847. The van der Waals surface area contributed by atoms with E-state index >= 15 is 0 Å². The summed E-state index contributed by atoms with van der Waals surface area (Å²) >= 11 is 3.41. The Morgan fingerprint density at radius 2 is 1.78 bits per heavy atom. The standard InChI is InChI=1S/C17H14BrFN2O2/c1-17(12-7-3-4-8-13(12)18)15(22)21(16(23)20-17)10-11-6-2-5-9-14(11)19/h2-9H,10H2,1H3,(H,20,23)/t17-/m0/s1. The van der Waals surface area contributed by atoms with E-state index in [0.29, 0.717) is 11.1 Å². The highest BCUT2D eigenvalue weighted by Crippen LogP contribution is 2.34. The van der Waals surface area contributed by atoms with Crippen LogP contribution in [-0.4, -0.2) is 16.8 Å². The van der Waals surface area contributed by atoms with Crippen molar-refractivity contribution >= 4 is 27.9 Å². The minimum Gasteiger partial charge on any atom is -0.319 e. The average molecular weight is 377 g/mol. The molecule has 4 nitrogen and oxygen atoms in total. The molecule has 0 aliphatic carbocycles. The van der Waals surface area contributed by atoms with Crippen LogP contribution in [0.3, 0.4) is 0 Å². The number of hydrogen-bond donors (Lipinski definition) is 1. The van der Waals surface area contributed by atoms with Crippen LogP contribution in [0.15, 0.2) is 53.0 Å². The number of imide groups is 1. The molecular formula is C17H14BrFN2O2. The fraction of sp³-hybridized carbons (Fsp3) is 0.176. The lowest BCUT2D eigenvalue weighted by molar-refractivity contribution is -0.131. The average Bonchev–Trinajstić information content (AvgIpc) is 2.74. The van der Waals surface area contributed by atoms with Crippen molar-refractivity contribution in [1.82, 2.24) is 10.2 Å². The number of hydrogen-bond acceptors (Lipinski definition) is 2. The van der Waals surface area contributed by atoms with Gasteiger partial charge in [-0.15, -0.1) is 0 Å². The molecule has 1 heterocycles. The van der Waals surface area contributed by atoms with E-state index < -0.39 is 23.3 Å². The lowest BCUT2D eigenvalue weighted by atomic mass is 9.92. The van der Waals surface area contributed by atoms with Gasteiger partial charge < -0.3 is 5.32 Å². The zero-order chi connectivity index (χ0) is 16.6. The second-order valence-corrected chi connectivity index (χ2v) is 6.37. The maximum Gasteiger partial charge on any atom is 0.325 e. The maximum absolute atomic E-state index is 13.8. The first-order chi connectivity index (χ1) is 10.9. The number of carbonyl (C=O) groups is 2.